The maximum absolute atomic E-state index is 12.4. The van der Waals surface area contributed by atoms with E-state index in [0.717, 1.165) is 6.54 Å². The van der Waals surface area contributed by atoms with Gasteiger partial charge in [-0.3, -0.25) is 4.79 Å². The van der Waals surface area contributed by atoms with Gasteiger partial charge in [0.15, 0.2) is 0 Å². The van der Waals surface area contributed by atoms with Crippen molar-refractivity contribution in [1.29, 1.82) is 0 Å². The lowest BCUT2D eigenvalue weighted by Crippen LogP contribution is -2.41. The van der Waals surface area contributed by atoms with E-state index < -0.39 is 5.97 Å². The Kier molecular flexibility index (Phi) is 4.83. The number of amides is 2. The van der Waals surface area contributed by atoms with E-state index in [1.165, 1.54) is 12.8 Å². The zero-order valence-corrected chi connectivity index (χ0v) is 12.5. The van der Waals surface area contributed by atoms with E-state index in [-0.39, 0.29) is 18.5 Å². The average molecular weight is 290 g/mol. The minimum Gasteiger partial charge on any atom is -0.481 e. The van der Waals surface area contributed by atoms with Crippen molar-refractivity contribution in [1.82, 2.24) is 4.90 Å². The molecule has 0 saturated heterocycles. The van der Waals surface area contributed by atoms with Crippen LogP contribution in [0.4, 0.5) is 10.5 Å². The maximum Gasteiger partial charge on any atom is 0.322 e. The Morgan fingerprint density at radius 1 is 1.33 bits per heavy atom. The van der Waals surface area contributed by atoms with Gasteiger partial charge in [0.2, 0.25) is 0 Å². The molecule has 5 heteroatoms. The molecule has 1 aliphatic rings. The molecule has 1 aliphatic carbocycles. The highest BCUT2D eigenvalue weighted by molar-refractivity contribution is 5.91. The van der Waals surface area contributed by atoms with Crippen LogP contribution in [0.1, 0.15) is 32.3 Å². The summed E-state index contributed by atoms with van der Waals surface area (Å²) in [5.41, 5.74) is 1.19. The van der Waals surface area contributed by atoms with Gasteiger partial charge in [0, 0.05) is 18.3 Å². The van der Waals surface area contributed by atoms with Gasteiger partial charge in [-0.25, -0.2) is 4.79 Å². The van der Waals surface area contributed by atoms with E-state index in [1.807, 2.05) is 18.7 Å². The van der Waals surface area contributed by atoms with Crippen molar-refractivity contribution in [2.24, 2.45) is 5.92 Å². The molecule has 0 radical (unpaired) electrons. The van der Waals surface area contributed by atoms with Gasteiger partial charge in [-0.1, -0.05) is 18.2 Å². The molecule has 0 unspecified atom stereocenters. The molecule has 114 valence electrons. The number of benzene rings is 1. The highest BCUT2D eigenvalue weighted by atomic mass is 16.4. The fourth-order valence-corrected chi connectivity index (χ4v) is 2.25. The molecule has 5 nitrogen and oxygen atoms in total. The Morgan fingerprint density at radius 3 is 2.57 bits per heavy atom. The van der Waals surface area contributed by atoms with E-state index in [4.69, 9.17) is 5.11 Å². The molecule has 0 aliphatic heterocycles. The highest BCUT2D eigenvalue weighted by Gasteiger charge is 2.28. The molecular weight excluding hydrogens is 268 g/mol. The Balaban J connectivity index is 2.08. The molecule has 2 rings (SSSR count). The number of para-hydroxylation sites is 1. The topological polar surface area (TPSA) is 69.6 Å². The largest absolute Gasteiger partial charge is 0.481 e. The number of urea groups is 1. The molecule has 21 heavy (non-hydrogen) atoms. The first-order valence-electron chi connectivity index (χ1n) is 7.34. The number of nitrogens with one attached hydrogen (secondary N) is 1. The summed E-state index contributed by atoms with van der Waals surface area (Å²) in [6.07, 6.45) is 2.28. The van der Waals surface area contributed by atoms with E-state index in [9.17, 15) is 9.59 Å². The van der Waals surface area contributed by atoms with Crippen LogP contribution in [-0.2, 0) is 11.2 Å². The Bertz CT molecular complexity index is 524. The predicted octanol–water partition coefficient (Wildman–Crippen LogP) is 2.97. The number of hydrogen-bond acceptors (Lipinski definition) is 2. The van der Waals surface area contributed by atoms with Crippen LogP contribution in [-0.4, -0.2) is 34.6 Å². The number of anilines is 1. The van der Waals surface area contributed by atoms with Crippen LogP contribution < -0.4 is 5.32 Å². The molecule has 0 spiro atoms. The molecule has 0 heterocycles. The quantitative estimate of drug-likeness (QED) is 0.846. The van der Waals surface area contributed by atoms with Crippen LogP contribution in [0.3, 0.4) is 0 Å². The SMILES string of the molecule is CC(C)N(CC1CC1)C(=O)Nc1ccccc1CC(=O)O. The van der Waals surface area contributed by atoms with Gasteiger partial charge < -0.3 is 15.3 Å². The molecule has 1 saturated carbocycles. The van der Waals surface area contributed by atoms with Gasteiger partial charge in [-0.15, -0.1) is 0 Å². The number of carbonyl (C=O) groups excluding carboxylic acids is 1. The minimum absolute atomic E-state index is 0.0965. The molecule has 1 fully saturated rings. The Hall–Kier alpha value is -2.04. The zero-order valence-electron chi connectivity index (χ0n) is 12.5. The predicted molar refractivity (Wildman–Crippen MR) is 81.4 cm³/mol. The molecule has 1 aromatic carbocycles. The third-order valence-electron chi connectivity index (χ3n) is 3.64. The second kappa shape index (κ2) is 6.61. The molecule has 1 aromatic rings. The summed E-state index contributed by atoms with van der Waals surface area (Å²) in [6, 6.07) is 7.00. The van der Waals surface area contributed by atoms with Gasteiger partial charge in [0.05, 0.1) is 6.42 Å². The normalized spacial score (nSPS) is 14.0. The molecule has 0 atom stereocenters. The van der Waals surface area contributed by atoms with Crippen molar-refractivity contribution in [2.45, 2.75) is 39.2 Å². The first-order chi connectivity index (χ1) is 9.97. The molecule has 2 amide bonds. The van der Waals surface area contributed by atoms with Gasteiger partial charge in [-0.2, -0.15) is 0 Å². The molecule has 2 N–H and O–H groups in total. The molecule has 0 aromatic heterocycles. The lowest BCUT2D eigenvalue weighted by atomic mass is 10.1. The van der Waals surface area contributed by atoms with Crippen LogP contribution in [0.15, 0.2) is 24.3 Å². The van der Waals surface area contributed by atoms with E-state index >= 15 is 0 Å². The number of carboxylic acids is 1. The third kappa shape index (κ3) is 4.48. The van der Waals surface area contributed by atoms with Gasteiger partial charge in [0.25, 0.3) is 0 Å². The van der Waals surface area contributed by atoms with Crippen molar-refractivity contribution in [3.05, 3.63) is 29.8 Å². The monoisotopic (exact) mass is 290 g/mol. The van der Waals surface area contributed by atoms with Crippen molar-refractivity contribution < 1.29 is 14.7 Å². The van der Waals surface area contributed by atoms with Crippen LogP contribution >= 0.6 is 0 Å². The summed E-state index contributed by atoms with van der Waals surface area (Å²) in [6.45, 7) is 4.75. The fourth-order valence-electron chi connectivity index (χ4n) is 2.25. The van der Waals surface area contributed by atoms with Crippen molar-refractivity contribution in [2.75, 3.05) is 11.9 Å². The van der Waals surface area contributed by atoms with E-state index in [2.05, 4.69) is 5.32 Å². The van der Waals surface area contributed by atoms with E-state index in [0.29, 0.717) is 17.2 Å². The number of aliphatic carboxylic acids is 1. The first kappa shape index (κ1) is 15.4. The lowest BCUT2D eigenvalue weighted by molar-refractivity contribution is -0.136. The third-order valence-corrected chi connectivity index (χ3v) is 3.64. The van der Waals surface area contributed by atoms with Crippen LogP contribution in [0.25, 0.3) is 0 Å². The Morgan fingerprint density at radius 2 is 2.00 bits per heavy atom. The van der Waals surface area contributed by atoms with Crippen LogP contribution in [0.5, 0.6) is 0 Å². The summed E-state index contributed by atoms with van der Waals surface area (Å²) >= 11 is 0. The van der Waals surface area contributed by atoms with Crippen LogP contribution in [0, 0.1) is 5.92 Å². The van der Waals surface area contributed by atoms with Crippen molar-refractivity contribution in [3.63, 3.8) is 0 Å². The summed E-state index contributed by atoms with van der Waals surface area (Å²) in [4.78, 5) is 25.1. The fraction of sp³-hybridized carbons (Fsp3) is 0.500. The van der Waals surface area contributed by atoms with Gasteiger partial charge >= 0.3 is 12.0 Å². The smallest absolute Gasteiger partial charge is 0.322 e. The van der Waals surface area contributed by atoms with E-state index in [1.54, 1.807) is 24.3 Å². The molecule has 0 bridgehead atoms. The summed E-state index contributed by atoms with van der Waals surface area (Å²) in [7, 11) is 0. The van der Waals surface area contributed by atoms with Crippen LogP contribution in [0.2, 0.25) is 0 Å². The second-order valence-corrected chi connectivity index (χ2v) is 5.85. The van der Waals surface area contributed by atoms with Gasteiger partial charge in [-0.05, 0) is 44.2 Å². The van der Waals surface area contributed by atoms with Crippen molar-refractivity contribution in [3.8, 4) is 0 Å². The maximum atomic E-state index is 12.4. The van der Waals surface area contributed by atoms with Gasteiger partial charge in [0.1, 0.15) is 0 Å². The zero-order chi connectivity index (χ0) is 15.4. The number of nitrogens with zero attached hydrogens (tertiary/aromatic N) is 1. The number of hydrogen-bond donors (Lipinski definition) is 2. The lowest BCUT2D eigenvalue weighted by Gasteiger charge is -2.27. The number of carbonyl (C=O) groups is 2. The highest BCUT2D eigenvalue weighted by Crippen LogP contribution is 2.30. The molecular formula is C16H22N2O3. The summed E-state index contributed by atoms with van der Waals surface area (Å²) in [5.74, 6) is -0.289. The standard InChI is InChI=1S/C16H22N2O3/c1-11(2)18(10-12-7-8-12)16(21)17-14-6-4-3-5-13(14)9-15(19)20/h3-6,11-12H,7-10H2,1-2H3,(H,17,21)(H,19,20). The minimum atomic E-state index is -0.907. The number of carboxylic acid groups (broad SMARTS) is 1. The first-order valence-corrected chi connectivity index (χ1v) is 7.34. The number of rotatable bonds is 6. The second-order valence-electron chi connectivity index (χ2n) is 5.85. The Labute approximate surface area is 125 Å². The summed E-state index contributed by atoms with van der Waals surface area (Å²) in [5, 5.41) is 11.8. The average Bonchev–Trinajstić information content (AvgIpc) is 3.21. The van der Waals surface area contributed by atoms with Crippen molar-refractivity contribution >= 4 is 17.7 Å². The summed E-state index contributed by atoms with van der Waals surface area (Å²) < 4.78 is 0.